The molecule has 0 radical (unpaired) electrons. The van der Waals surface area contributed by atoms with E-state index in [1.165, 1.54) is 38.2 Å². The van der Waals surface area contributed by atoms with Crippen molar-refractivity contribution in [1.29, 1.82) is 0 Å². The van der Waals surface area contributed by atoms with Gasteiger partial charge in [0.05, 0.1) is 12.2 Å². The Kier molecular flexibility index (Phi) is 11.1. The number of hydrogen-bond acceptors (Lipinski definition) is 5. The van der Waals surface area contributed by atoms with Crippen molar-refractivity contribution in [3.8, 4) is 5.75 Å². The number of pyridine rings is 1. The van der Waals surface area contributed by atoms with Gasteiger partial charge in [0.1, 0.15) is 18.2 Å². The first-order valence-corrected chi connectivity index (χ1v) is 9.73. The molecule has 29 heavy (non-hydrogen) atoms. The van der Waals surface area contributed by atoms with Crippen molar-refractivity contribution in [3.05, 3.63) is 53.7 Å². The van der Waals surface area contributed by atoms with E-state index in [2.05, 4.69) is 9.88 Å². The summed E-state index contributed by atoms with van der Waals surface area (Å²) in [6.07, 6.45) is -0.542. The molecule has 0 atom stereocenters. The molecule has 0 bridgehead atoms. The monoisotopic (exact) mass is 413 g/mol. The third kappa shape index (κ3) is 9.15. The Morgan fingerprint density at radius 3 is 2.21 bits per heavy atom. The second-order valence-electron chi connectivity index (χ2n) is 6.13. The number of alkyl halides is 3. The lowest BCUT2D eigenvalue weighted by Gasteiger charge is -2.14. The highest BCUT2D eigenvalue weighted by molar-refractivity contribution is 5.40. The van der Waals surface area contributed by atoms with Crippen LogP contribution in [0.3, 0.4) is 0 Å². The van der Waals surface area contributed by atoms with Crippen molar-refractivity contribution >= 4 is 5.82 Å². The van der Waals surface area contributed by atoms with E-state index >= 15 is 0 Å². The fraction of sp³-hybridized carbons (Fsp3) is 0.476. The van der Waals surface area contributed by atoms with Crippen LogP contribution in [0.25, 0.3) is 0 Å². The maximum absolute atomic E-state index is 11.9. The molecule has 3 rings (SSSR count). The zero-order chi connectivity index (χ0) is 21.7. The summed E-state index contributed by atoms with van der Waals surface area (Å²) in [6, 6.07) is 9.70. The van der Waals surface area contributed by atoms with Gasteiger partial charge in [0.2, 0.25) is 0 Å². The standard InChI is InChI=1S/C13H19NO2.C6H5F3N2.C2H6/c15-11-12-3-5-13(6-4-12)16-10-9-14-7-1-2-8-14;7-6(8,9)4-2-1-3-11-5(4)10;1-2/h3-6,15H,1-2,7-11H2;1-3H,(H2,10,11);1-2H3. The number of anilines is 1. The highest BCUT2D eigenvalue weighted by Gasteiger charge is 2.33. The number of rotatable bonds is 5. The van der Waals surface area contributed by atoms with E-state index in [0.717, 1.165) is 30.5 Å². The molecule has 0 unspecified atom stereocenters. The van der Waals surface area contributed by atoms with Crippen molar-refractivity contribution in [1.82, 2.24) is 9.88 Å². The summed E-state index contributed by atoms with van der Waals surface area (Å²) in [7, 11) is 0. The lowest BCUT2D eigenvalue weighted by Crippen LogP contribution is -2.25. The van der Waals surface area contributed by atoms with E-state index in [-0.39, 0.29) is 6.61 Å². The number of likely N-dealkylation sites (tertiary alicyclic amines) is 1. The number of aliphatic hydroxyl groups is 1. The van der Waals surface area contributed by atoms with Gasteiger partial charge in [-0.25, -0.2) is 4.98 Å². The van der Waals surface area contributed by atoms with Gasteiger partial charge in [-0.3, -0.25) is 4.90 Å². The van der Waals surface area contributed by atoms with E-state index in [1.807, 2.05) is 38.1 Å². The van der Waals surface area contributed by atoms with Crippen molar-refractivity contribution < 1.29 is 23.0 Å². The Morgan fingerprint density at radius 2 is 1.72 bits per heavy atom. The van der Waals surface area contributed by atoms with Crippen molar-refractivity contribution in [2.45, 2.75) is 39.5 Å². The topological polar surface area (TPSA) is 71.6 Å². The molecular formula is C21H30F3N3O2. The first-order valence-electron chi connectivity index (χ1n) is 9.73. The number of nitrogen functional groups attached to an aromatic ring is 1. The highest BCUT2D eigenvalue weighted by atomic mass is 19.4. The molecule has 1 fully saturated rings. The van der Waals surface area contributed by atoms with E-state index < -0.39 is 17.6 Å². The van der Waals surface area contributed by atoms with Gasteiger partial charge >= 0.3 is 6.18 Å². The lowest BCUT2D eigenvalue weighted by molar-refractivity contribution is -0.137. The highest BCUT2D eigenvalue weighted by Crippen LogP contribution is 2.31. The fourth-order valence-electron chi connectivity index (χ4n) is 2.65. The molecule has 0 amide bonds. The molecule has 1 aliphatic heterocycles. The number of benzene rings is 1. The van der Waals surface area contributed by atoms with Crippen LogP contribution in [0.4, 0.5) is 19.0 Å². The molecule has 0 aliphatic carbocycles. The van der Waals surface area contributed by atoms with Crippen LogP contribution in [0.1, 0.15) is 37.8 Å². The Labute approximate surface area is 170 Å². The molecule has 1 aromatic heterocycles. The third-order valence-corrected chi connectivity index (χ3v) is 4.12. The van der Waals surface area contributed by atoms with Crippen LogP contribution in [0.15, 0.2) is 42.6 Å². The summed E-state index contributed by atoms with van der Waals surface area (Å²) < 4.78 is 41.4. The van der Waals surface area contributed by atoms with Crippen molar-refractivity contribution in [2.75, 3.05) is 32.0 Å². The second kappa shape index (κ2) is 13.0. The average Bonchev–Trinajstić information content (AvgIpc) is 3.24. The Morgan fingerprint density at radius 1 is 1.10 bits per heavy atom. The third-order valence-electron chi connectivity index (χ3n) is 4.12. The van der Waals surface area contributed by atoms with Crippen LogP contribution in [0, 0.1) is 0 Å². The predicted octanol–water partition coefficient (Wildman–Crippen LogP) is 4.36. The molecule has 2 heterocycles. The number of hydrogen-bond donors (Lipinski definition) is 2. The minimum absolute atomic E-state index is 0.0913. The Hall–Kier alpha value is -2.32. The minimum Gasteiger partial charge on any atom is -0.492 e. The van der Waals surface area contributed by atoms with Gasteiger partial charge in [0.25, 0.3) is 0 Å². The van der Waals surface area contributed by atoms with Crippen LogP contribution in [-0.2, 0) is 12.8 Å². The molecule has 2 aromatic rings. The molecule has 0 spiro atoms. The first kappa shape index (κ1) is 24.7. The van der Waals surface area contributed by atoms with Crippen LogP contribution < -0.4 is 10.5 Å². The summed E-state index contributed by atoms with van der Waals surface area (Å²) >= 11 is 0. The Bertz CT molecular complexity index is 688. The van der Waals surface area contributed by atoms with Crippen LogP contribution in [0.2, 0.25) is 0 Å². The summed E-state index contributed by atoms with van der Waals surface area (Å²) in [5, 5.41) is 8.90. The molecule has 1 aromatic carbocycles. The van der Waals surface area contributed by atoms with E-state index in [0.29, 0.717) is 0 Å². The van der Waals surface area contributed by atoms with Crippen molar-refractivity contribution in [2.24, 2.45) is 0 Å². The van der Waals surface area contributed by atoms with E-state index in [4.69, 9.17) is 15.6 Å². The van der Waals surface area contributed by atoms with Crippen LogP contribution in [-0.4, -0.2) is 41.2 Å². The molecule has 5 nitrogen and oxygen atoms in total. The van der Waals surface area contributed by atoms with Gasteiger partial charge in [0, 0.05) is 12.7 Å². The molecule has 0 saturated carbocycles. The number of aliphatic hydroxyl groups excluding tert-OH is 1. The Balaban J connectivity index is 0.000000284. The number of nitrogens with zero attached hydrogens (tertiary/aromatic N) is 2. The largest absolute Gasteiger partial charge is 0.492 e. The fourth-order valence-corrected chi connectivity index (χ4v) is 2.65. The molecule has 1 aliphatic rings. The second-order valence-corrected chi connectivity index (χ2v) is 6.13. The maximum atomic E-state index is 11.9. The SMILES string of the molecule is CC.Nc1ncccc1C(F)(F)F.OCc1ccc(OCCN2CCCC2)cc1. The summed E-state index contributed by atoms with van der Waals surface area (Å²) in [6.45, 7) is 8.29. The summed E-state index contributed by atoms with van der Waals surface area (Å²) in [5.41, 5.74) is 5.01. The molecular weight excluding hydrogens is 383 g/mol. The van der Waals surface area contributed by atoms with E-state index in [1.54, 1.807) is 0 Å². The van der Waals surface area contributed by atoms with Crippen LogP contribution in [0.5, 0.6) is 5.75 Å². The number of ether oxygens (including phenoxy) is 1. The van der Waals surface area contributed by atoms with Gasteiger partial charge in [0.15, 0.2) is 0 Å². The van der Waals surface area contributed by atoms with E-state index in [9.17, 15) is 13.2 Å². The molecule has 162 valence electrons. The summed E-state index contributed by atoms with van der Waals surface area (Å²) in [5.74, 6) is 0.399. The van der Waals surface area contributed by atoms with Gasteiger partial charge in [-0.15, -0.1) is 0 Å². The molecule has 8 heteroatoms. The summed E-state index contributed by atoms with van der Waals surface area (Å²) in [4.78, 5) is 5.74. The lowest BCUT2D eigenvalue weighted by atomic mass is 10.2. The quantitative estimate of drug-likeness (QED) is 0.762. The van der Waals surface area contributed by atoms with Gasteiger partial charge in [-0.1, -0.05) is 26.0 Å². The maximum Gasteiger partial charge on any atom is 0.419 e. The van der Waals surface area contributed by atoms with Gasteiger partial charge in [-0.2, -0.15) is 13.2 Å². The average molecular weight is 413 g/mol. The van der Waals surface area contributed by atoms with Gasteiger partial charge in [-0.05, 0) is 55.8 Å². The minimum atomic E-state index is -4.40. The molecule has 1 saturated heterocycles. The van der Waals surface area contributed by atoms with Crippen LogP contribution >= 0.6 is 0 Å². The zero-order valence-electron chi connectivity index (χ0n) is 17.0. The smallest absolute Gasteiger partial charge is 0.419 e. The number of nitrogens with two attached hydrogens (primary N) is 1. The number of halogens is 3. The van der Waals surface area contributed by atoms with Gasteiger partial charge < -0.3 is 15.6 Å². The zero-order valence-corrected chi connectivity index (χ0v) is 17.0. The first-order chi connectivity index (χ1) is 13.9. The normalized spacial score (nSPS) is 13.7. The molecule has 3 N–H and O–H groups in total. The predicted molar refractivity (Wildman–Crippen MR) is 109 cm³/mol. The van der Waals surface area contributed by atoms with Crippen molar-refractivity contribution in [3.63, 3.8) is 0 Å². The number of aromatic nitrogens is 1.